The van der Waals surface area contributed by atoms with E-state index in [1.165, 1.54) is 5.56 Å². The van der Waals surface area contributed by atoms with Gasteiger partial charge in [0.25, 0.3) is 0 Å². The molecule has 0 bridgehead atoms. The van der Waals surface area contributed by atoms with E-state index >= 15 is 0 Å². The Morgan fingerprint density at radius 3 is 2.33 bits per heavy atom. The third-order valence-corrected chi connectivity index (χ3v) is 5.03. The Labute approximate surface area is 162 Å². The molecule has 140 valence electrons. The van der Waals surface area contributed by atoms with Crippen LogP contribution in [-0.2, 0) is 12.8 Å². The van der Waals surface area contributed by atoms with Gasteiger partial charge in [0, 0.05) is 5.39 Å². The van der Waals surface area contributed by atoms with Crippen LogP contribution in [0.2, 0.25) is 0 Å². The predicted molar refractivity (Wildman–Crippen MR) is 113 cm³/mol. The lowest BCUT2D eigenvalue weighted by molar-refractivity contribution is 0.0735. The van der Waals surface area contributed by atoms with Crippen molar-refractivity contribution in [2.45, 2.75) is 52.4 Å². The number of carbonyl (C=O) groups excluding carboxylic acids is 1. The second-order valence-corrected chi connectivity index (χ2v) is 7.02. The van der Waals surface area contributed by atoms with E-state index < -0.39 is 0 Å². The maximum absolute atomic E-state index is 13.0. The van der Waals surface area contributed by atoms with Crippen LogP contribution in [0.3, 0.4) is 0 Å². The van der Waals surface area contributed by atoms with Crippen molar-refractivity contribution in [1.82, 2.24) is 0 Å². The Hall–Kier alpha value is -2.61. The maximum atomic E-state index is 13.0. The van der Waals surface area contributed by atoms with E-state index in [2.05, 4.69) is 19.9 Å². The average Bonchev–Trinajstić information content (AvgIpc) is 2.71. The summed E-state index contributed by atoms with van der Waals surface area (Å²) in [6.45, 7) is 4.38. The van der Waals surface area contributed by atoms with E-state index in [1.54, 1.807) is 0 Å². The molecule has 0 saturated carbocycles. The topological polar surface area (TPSA) is 26.3 Å². The zero-order valence-corrected chi connectivity index (χ0v) is 16.3. The number of rotatable bonds is 8. The molecule has 0 amide bonds. The molecule has 0 N–H and O–H groups in total. The lowest BCUT2D eigenvalue weighted by Gasteiger charge is -2.15. The van der Waals surface area contributed by atoms with Crippen LogP contribution >= 0.6 is 0 Å². The van der Waals surface area contributed by atoms with Crippen LogP contribution < -0.4 is 4.74 Å². The second kappa shape index (κ2) is 9.36. The van der Waals surface area contributed by atoms with E-state index in [9.17, 15) is 4.79 Å². The minimum Gasteiger partial charge on any atom is -0.422 e. The summed E-state index contributed by atoms with van der Waals surface area (Å²) in [5.74, 6) is 0.370. The largest absolute Gasteiger partial charge is 0.422 e. The summed E-state index contributed by atoms with van der Waals surface area (Å²) in [5, 5.41) is 2.04. The van der Waals surface area contributed by atoms with Gasteiger partial charge in [0.05, 0.1) is 5.56 Å². The predicted octanol–water partition coefficient (Wildman–Crippen LogP) is 6.74. The Morgan fingerprint density at radius 2 is 1.52 bits per heavy atom. The van der Waals surface area contributed by atoms with Crippen molar-refractivity contribution in [2.75, 3.05) is 0 Å². The summed E-state index contributed by atoms with van der Waals surface area (Å²) in [6.07, 6.45) is 6.43. The summed E-state index contributed by atoms with van der Waals surface area (Å²) in [6, 6.07) is 19.9. The fourth-order valence-corrected chi connectivity index (χ4v) is 3.52. The molecule has 3 rings (SSSR count). The van der Waals surface area contributed by atoms with Crippen LogP contribution in [0, 0.1) is 0 Å². The molecule has 27 heavy (non-hydrogen) atoms. The van der Waals surface area contributed by atoms with Gasteiger partial charge < -0.3 is 4.74 Å². The Kier molecular flexibility index (Phi) is 6.64. The molecular weight excluding hydrogens is 332 g/mol. The third kappa shape index (κ3) is 4.57. The number of benzene rings is 3. The van der Waals surface area contributed by atoms with Crippen LogP contribution in [0.5, 0.6) is 5.75 Å². The number of aryl methyl sites for hydroxylation is 1. The highest BCUT2D eigenvalue weighted by atomic mass is 16.5. The molecule has 0 aliphatic heterocycles. The van der Waals surface area contributed by atoms with Gasteiger partial charge in [-0.15, -0.1) is 0 Å². The molecule has 2 nitrogen and oxygen atoms in total. The van der Waals surface area contributed by atoms with E-state index in [1.807, 2.05) is 54.6 Å². The van der Waals surface area contributed by atoms with Crippen molar-refractivity contribution in [3.63, 3.8) is 0 Å². The molecule has 0 unspecified atom stereocenters. The molecule has 0 aromatic heterocycles. The summed E-state index contributed by atoms with van der Waals surface area (Å²) in [4.78, 5) is 13.0. The van der Waals surface area contributed by atoms with Crippen LogP contribution in [0.15, 0.2) is 60.7 Å². The van der Waals surface area contributed by atoms with Crippen molar-refractivity contribution >= 4 is 16.7 Å². The van der Waals surface area contributed by atoms with Crippen molar-refractivity contribution in [3.8, 4) is 5.75 Å². The molecular formula is C25H28O2. The van der Waals surface area contributed by atoms with Gasteiger partial charge in [0.1, 0.15) is 5.75 Å². The molecule has 0 aliphatic carbocycles. The van der Waals surface area contributed by atoms with Gasteiger partial charge in [0.15, 0.2) is 0 Å². The standard InChI is InChI=1S/C25H28O2/c1-3-5-11-19-13-9-17-23(21(19)15-6-4-2)25(26)27-24-18-10-14-20-12-7-8-16-22(20)24/h7-10,12-14,16-18H,3-6,11,15H2,1-2H3. The SMILES string of the molecule is CCCCc1cccc(C(=O)Oc2cccc3ccccc23)c1CCCC. The first kappa shape index (κ1) is 19.2. The monoisotopic (exact) mass is 360 g/mol. The van der Waals surface area contributed by atoms with Gasteiger partial charge in [-0.1, -0.05) is 75.2 Å². The van der Waals surface area contributed by atoms with E-state index in [-0.39, 0.29) is 5.97 Å². The normalized spacial score (nSPS) is 10.9. The molecule has 0 atom stereocenters. The highest BCUT2D eigenvalue weighted by Crippen LogP contribution is 2.27. The molecule has 0 radical (unpaired) electrons. The number of fused-ring (bicyclic) bond motifs is 1. The van der Waals surface area contributed by atoms with Crippen molar-refractivity contribution in [2.24, 2.45) is 0 Å². The maximum Gasteiger partial charge on any atom is 0.343 e. The van der Waals surface area contributed by atoms with Gasteiger partial charge in [-0.3, -0.25) is 0 Å². The van der Waals surface area contributed by atoms with Crippen LogP contribution in [-0.4, -0.2) is 5.97 Å². The lowest BCUT2D eigenvalue weighted by Crippen LogP contribution is -2.13. The number of ether oxygens (including phenoxy) is 1. The Morgan fingerprint density at radius 1 is 0.815 bits per heavy atom. The zero-order chi connectivity index (χ0) is 19.1. The van der Waals surface area contributed by atoms with Crippen LogP contribution in [0.25, 0.3) is 10.8 Å². The molecule has 2 heteroatoms. The van der Waals surface area contributed by atoms with Gasteiger partial charge in [-0.05, 0) is 54.3 Å². The molecule has 0 fully saturated rings. The fraction of sp³-hybridized carbons (Fsp3) is 0.320. The van der Waals surface area contributed by atoms with Gasteiger partial charge in [-0.2, -0.15) is 0 Å². The highest BCUT2D eigenvalue weighted by Gasteiger charge is 2.17. The number of hydrogen-bond donors (Lipinski definition) is 0. The second-order valence-electron chi connectivity index (χ2n) is 7.02. The number of unbranched alkanes of at least 4 members (excludes halogenated alkanes) is 2. The summed E-state index contributed by atoms with van der Waals surface area (Å²) < 4.78 is 5.85. The number of hydrogen-bond acceptors (Lipinski definition) is 2. The van der Waals surface area contributed by atoms with Gasteiger partial charge in [-0.25, -0.2) is 4.79 Å². The summed E-state index contributed by atoms with van der Waals surface area (Å²) >= 11 is 0. The minimum absolute atomic E-state index is 0.254. The first-order chi connectivity index (χ1) is 13.2. The van der Waals surface area contributed by atoms with Crippen molar-refractivity contribution < 1.29 is 9.53 Å². The van der Waals surface area contributed by atoms with Crippen LogP contribution in [0.4, 0.5) is 0 Å². The van der Waals surface area contributed by atoms with E-state index in [0.29, 0.717) is 11.3 Å². The van der Waals surface area contributed by atoms with E-state index in [0.717, 1.165) is 54.9 Å². The summed E-state index contributed by atoms with van der Waals surface area (Å²) in [7, 11) is 0. The minimum atomic E-state index is -0.254. The first-order valence-corrected chi connectivity index (χ1v) is 10.0. The lowest BCUT2D eigenvalue weighted by atomic mass is 9.93. The summed E-state index contributed by atoms with van der Waals surface area (Å²) in [5.41, 5.74) is 3.17. The Bertz CT molecular complexity index is 906. The van der Waals surface area contributed by atoms with Gasteiger partial charge >= 0.3 is 5.97 Å². The number of esters is 1. The van der Waals surface area contributed by atoms with Gasteiger partial charge in [0.2, 0.25) is 0 Å². The fourth-order valence-electron chi connectivity index (χ4n) is 3.52. The average molecular weight is 360 g/mol. The highest BCUT2D eigenvalue weighted by molar-refractivity contribution is 5.96. The van der Waals surface area contributed by atoms with Crippen molar-refractivity contribution in [3.05, 3.63) is 77.4 Å². The molecule has 3 aromatic carbocycles. The molecule has 3 aromatic rings. The quantitative estimate of drug-likeness (QED) is 0.328. The molecule has 0 spiro atoms. The molecule has 0 heterocycles. The zero-order valence-electron chi connectivity index (χ0n) is 16.3. The molecule has 0 saturated heterocycles. The smallest absolute Gasteiger partial charge is 0.343 e. The van der Waals surface area contributed by atoms with E-state index in [4.69, 9.17) is 4.74 Å². The number of carbonyl (C=O) groups is 1. The third-order valence-electron chi connectivity index (χ3n) is 5.03. The van der Waals surface area contributed by atoms with Crippen LogP contribution in [0.1, 0.15) is 61.0 Å². The Balaban J connectivity index is 1.93. The first-order valence-electron chi connectivity index (χ1n) is 10.0. The van der Waals surface area contributed by atoms with Crippen molar-refractivity contribution in [1.29, 1.82) is 0 Å². The molecule has 0 aliphatic rings.